The lowest BCUT2D eigenvalue weighted by molar-refractivity contribution is -0.132. The second-order valence-electron chi connectivity index (χ2n) is 6.70. The number of hydrogen-bond donors (Lipinski definition) is 0. The van der Waals surface area contributed by atoms with Crippen LogP contribution in [0.2, 0.25) is 0 Å². The van der Waals surface area contributed by atoms with Gasteiger partial charge in [-0.3, -0.25) is 14.5 Å². The lowest BCUT2D eigenvalue weighted by Crippen LogP contribution is -2.50. The Hall–Kier alpha value is -1.53. The number of nitrogens with zero attached hydrogens (tertiary/aromatic N) is 3. The van der Waals surface area contributed by atoms with E-state index in [1.54, 1.807) is 16.7 Å². The topological polar surface area (TPSA) is 43.9 Å². The Kier molecular flexibility index (Phi) is 4.50. The van der Waals surface area contributed by atoms with Crippen LogP contribution in [-0.4, -0.2) is 66.1 Å². The van der Waals surface area contributed by atoms with Gasteiger partial charge >= 0.3 is 0 Å². The van der Waals surface area contributed by atoms with Gasteiger partial charge in [0, 0.05) is 50.1 Å². The number of carbonyl (C=O) groups excluding carboxylic acids is 2. The van der Waals surface area contributed by atoms with Gasteiger partial charge in [0.2, 0.25) is 11.8 Å². The fourth-order valence-corrected chi connectivity index (χ4v) is 4.48. The van der Waals surface area contributed by atoms with Crippen molar-refractivity contribution in [3.63, 3.8) is 0 Å². The SMILES string of the molecule is O=C(CCN1C(=O)CSc2ccccc21)N1CCN(C2CC2)CC1. The Morgan fingerprint density at radius 3 is 2.62 bits per heavy atom. The summed E-state index contributed by atoms with van der Waals surface area (Å²) in [5, 5.41) is 0. The van der Waals surface area contributed by atoms with E-state index < -0.39 is 0 Å². The van der Waals surface area contributed by atoms with E-state index in [9.17, 15) is 9.59 Å². The minimum absolute atomic E-state index is 0.102. The summed E-state index contributed by atoms with van der Waals surface area (Å²) in [5.74, 6) is 0.740. The van der Waals surface area contributed by atoms with E-state index in [-0.39, 0.29) is 11.8 Å². The maximum atomic E-state index is 12.5. The van der Waals surface area contributed by atoms with Gasteiger partial charge in [-0.1, -0.05) is 12.1 Å². The van der Waals surface area contributed by atoms with E-state index in [4.69, 9.17) is 0 Å². The van der Waals surface area contributed by atoms with Crippen LogP contribution in [0.5, 0.6) is 0 Å². The molecule has 0 spiro atoms. The first-order valence-electron chi connectivity index (χ1n) is 8.76. The van der Waals surface area contributed by atoms with Crippen LogP contribution in [0.15, 0.2) is 29.2 Å². The highest BCUT2D eigenvalue weighted by Crippen LogP contribution is 2.35. The molecule has 2 heterocycles. The maximum Gasteiger partial charge on any atom is 0.237 e. The van der Waals surface area contributed by atoms with Crippen molar-refractivity contribution in [2.75, 3.05) is 43.4 Å². The first-order chi connectivity index (χ1) is 11.7. The Morgan fingerprint density at radius 1 is 1.12 bits per heavy atom. The molecule has 4 rings (SSSR count). The fourth-order valence-electron chi connectivity index (χ4n) is 3.54. The zero-order valence-electron chi connectivity index (χ0n) is 13.8. The molecule has 0 N–H and O–H groups in total. The van der Waals surface area contributed by atoms with Crippen LogP contribution in [0.1, 0.15) is 19.3 Å². The predicted molar refractivity (Wildman–Crippen MR) is 95.3 cm³/mol. The summed E-state index contributed by atoms with van der Waals surface area (Å²) < 4.78 is 0. The second kappa shape index (κ2) is 6.76. The van der Waals surface area contributed by atoms with Crippen LogP contribution in [0.4, 0.5) is 5.69 Å². The lowest BCUT2D eigenvalue weighted by Gasteiger charge is -2.35. The third-order valence-electron chi connectivity index (χ3n) is 5.09. The van der Waals surface area contributed by atoms with Crippen molar-refractivity contribution in [1.82, 2.24) is 9.80 Å². The van der Waals surface area contributed by atoms with Gasteiger partial charge in [0.25, 0.3) is 0 Å². The smallest absolute Gasteiger partial charge is 0.237 e. The number of rotatable bonds is 4. The molecule has 24 heavy (non-hydrogen) atoms. The van der Waals surface area contributed by atoms with E-state index >= 15 is 0 Å². The summed E-state index contributed by atoms with van der Waals surface area (Å²) in [5.41, 5.74) is 0.949. The summed E-state index contributed by atoms with van der Waals surface area (Å²) in [6.07, 6.45) is 3.05. The number of para-hydroxylation sites is 1. The van der Waals surface area contributed by atoms with Gasteiger partial charge in [0.15, 0.2) is 0 Å². The standard InChI is InChI=1S/C18H23N3O2S/c22-17(20-11-9-19(10-12-20)14-5-6-14)7-8-21-15-3-1-2-4-16(15)24-13-18(21)23/h1-4,14H,5-13H2. The minimum atomic E-state index is 0.102. The summed E-state index contributed by atoms with van der Waals surface area (Å²) in [6.45, 7) is 4.14. The van der Waals surface area contributed by atoms with Crippen LogP contribution >= 0.6 is 11.8 Å². The molecule has 2 fully saturated rings. The third-order valence-corrected chi connectivity index (χ3v) is 6.14. The van der Waals surface area contributed by atoms with E-state index in [0.717, 1.165) is 42.8 Å². The molecule has 1 saturated heterocycles. The molecular formula is C18H23N3O2S. The number of piperazine rings is 1. The zero-order valence-corrected chi connectivity index (χ0v) is 14.6. The quantitative estimate of drug-likeness (QED) is 0.835. The lowest BCUT2D eigenvalue weighted by atomic mass is 10.2. The zero-order chi connectivity index (χ0) is 16.5. The molecule has 0 unspecified atom stereocenters. The Labute approximate surface area is 147 Å². The molecule has 2 aliphatic heterocycles. The Morgan fingerprint density at radius 2 is 1.88 bits per heavy atom. The van der Waals surface area contributed by atoms with Crippen molar-refractivity contribution < 1.29 is 9.59 Å². The Bertz CT molecular complexity index is 639. The van der Waals surface area contributed by atoms with Crippen molar-refractivity contribution in [1.29, 1.82) is 0 Å². The summed E-state index contributed by atoms with van der Waals surface area (Å²) in [6, 6.07) is 8.73. The molecule has 0 radical (unpaired) electrons. The molecule has 0 bridgehead atoms. The molecule has 1 aromatic rings. The molecule has 0 atom stereocenters. The second-order valence-corrected chi connectivity index (χ2v) is 7.72. The molecule has 6 heteroatoms. The first kappa shape index (κ1) is 16.0. The number of benzene rings is 1. The highest BCUT2D eigenvalue weighted by Gasteiger charge is 2.32. The van der Waals surface area contributed by atoms with E-state index in [2.05, 4.69) is 4.90 Å². The molecular weight excluding hydrogens is 322 g/mol. The van der Waals surface area contributed by atoms with Gasteiger partial charge < -0.3 is 9.80 Å². The molecule has 1 aliphatic carbocycles. The average Bonchev–Trinajstić information content (AvgIpc) is 3.46. The van der Waals surface area contributed by atoms with Crippen LogP contribution in [0.3, 0.4) is 0 Å². The minimum Gasteiger partial charge on any atom is -0.340 e. The fraction of sp³-hybridized carbons (Fsp3) is 0.556. The average molecular weight is 345 g/mol. The number of amides is 2. The molecule has 0 aromatic heterocycles. The van der Waals surface area contributed by atoms with Gasteiger partial charge in [-0.05, 0) is 25.0 Å². The van der Waals surface area contributed by atoms with E-state index in [1.165, 1.54) is 12.8 Å². The number of fused-ring (bicyclic) bond motifs is 1. The van der Waals surface area contributed by atoms with Crippen molar-refractivity contribution >= 4 is 29.3 Å². The van der Waals surface area contributed by atoms with Gasteiger partial charge in [-0.2, -0.15) is 0 Å². The van der Waals surface area contributed by atoms with Crippen molar-refractivity contribution in [3.8, 4) is 0 Å². The molecule has 1 aromatic carbocycles. The van der Waals surface area contributed by atoms with Gasteiger partial charge in [0.05, 0.1) is 11.4 Å². The highest BCUT2D eigenvalue weighted by molar-refractivity contribution is 8.00. The summed E-state index contributed by atoms with van der Waals surface area (Å²) >= 11 is 1.58. The number of anilines is 1. The maximum absolute atomic E-state index is 12.5. The molecule has 5 nitrogen and oxygen atoms in total. The van der Waals surface area contributed by atoms with E-state index in [1.807, 2.05) is 29.2 Å². The van der Waals surface area contributed by atoms with Crippen LogP contribution in [0.25, 0.3) is 0 Å². The molecule has 2 amide bonds. The van der Waals surface area contributed by atoms with E-state index in [0.29, 0.717) is 18.7 Å². The van der Waals surface area contributed by atoms with Crippen molar-refractivity contribution in [2.24, 2.45) is 0 Å². The van der Waals surface area contributed by atoms with Gasteiger partial charge in [0.1, 0.15) is 0 Å². The largest absolute Gasteiger partial charge is 0.340 e. The monoisotopic (exact) mass is 345 g/mol. The Balaban J connectivity index is 1.33. The predicted octanol–water partition coefficient (Wildman–Crippen LogP) is 1.82. The van der Waals surface area contributed by atoms with Crippen LogP contribution in [-0.2, 0) is 9.59 Å². The van der Waals surface area contributed by atoms with Crippen molar-refractivity contribution in [3.05, 3.63) is 24.3 Å². The molecule has 128 valence electrons. The molecule has 3 aliphatic rings. The van der Waals surface area contributed by atoms with Crippen LogP contribution in [0, 0.1) is 0 Å². The van der Waals surface area contributed by atoms with Crippen molar-refractivity contribution in [2.45, 2.75) is 30.2 Å². The third kappa shape index (κ3) is 3.30. The normalized spacial score (nSPS) is 21.8. The number of carbonyl (C=O) groups is 2. The summed E-state index contributed by atoms with van der Waals surface area (Å²) in [7, 11) is 0. The van der Waals surface area contributed by atoms with Gasteiger partial charge in [-0.25, -0.2) is 0 Å². The van der Waals surface area contributed by atoms with Gasteiger partial charge in [-0.15, -0.1) is 11.8 Å². The molecule has 1 saturated carbocycles. The highest BCUT2D eigenvalue weighted by atomic mass is 32.2. The number of hydrogen-bond acceptors (Lipinski definition) is 4. The first-order valence-corrected chi connectivity index (χ1v) is 9.75. The number of thioether (sulfide) groups is 1. The van der Waals surface area contributed by atoms with Crippen LogP contribution < -0.4 is 4.90 Å². The summed E-state index contributed by atoms with van der Waals surface area (Å²) in [4.78, 5) is 32.1.